The van der Waals surface area contributed by atoms with Gasteiger partial charge in [0.1, 0.15) is 6.54 Å². The van der Waals surface area contributed by atoms with Crippen molar-refractivity contribution in [2.24, 2.45) is 0 Å². The fraction of sp³-hybridized carbons (Fsp3) is 0.364. The Morgan fingerprint density at radius 1 is 1.09 bits per heavy atom. The standard InChI is InChI=1S/C22H23F3N6O2/c1-15-11-19(22(23,24)25)28-31(15)14-20(32)30-9-7-29(8-10-30)18-6-4-3-5-17(18)16-12-26-21(33-2)27-13-16/h3-6,11-13H,7-10,14H2,1-2H3. The van der Waals surface area contributed by atoms with Gasteiger partial charge < -0.3 is 14.5 Å². The summed E-state index contributed by atoms with van der Waals surface area (Å²) in [5.41, 5.74) is 2.11. The van der Waals surface area contributed by atoms with Gasteiger partial charge in [0.05, 0.1) is 7.11 Å². The fourth-order valence-corrected chi connectivity index (χ4v) is 3.79. The third kappa shape index (κ3) is 4.91. The Morgan fingerprint density at radius 2 is 1.76 bits per heavy atom. The van der Waals surface area contributed by atoms with Crippen LogP contribution in [0.15, 0.2) is 42.7 Å². The molecular formula is C22H23F3N6O2. The molecule has 4 rings (SSSR count). The van der Waals surface area contributed by atoms with Crippen LogP contribution in [0, 0.1) is 6.92 Å². The van der Waals surface area contributed by atoms with Gasteiger partial charge in [0, 0.05) is 61.1 Å². The number of piperazine rings is 1. The lowest BCUT2D eigenvalue weighted by Gasteiger charge is -2.37. The fourth-order valence-electron chi connectivity index (χ4n) is 3.79. The van der Waals surface area contributed by atoms with Gasteiger partial charge in [0.15, 0.2) is 5.69 Å². The summed E-state index contributed by atoms with van der Waals surface area (Å²) < 4.78 is 44.8. The molecule has 1 aliphatic rings. The number of para-hydroxylation sites is 1. The van der Waals surface area contributed by atoms with Gasteiger partial charge in [-0.05, 0) is 19.1 Å². The van der Waals surface area contributed by atoms with Gasteiger partial charge in [-0.25, -0.2) is 9.97 Å². The van der Waals surface area contributed by atoms with Crippen LogP contribution in [0.4, 0.5) is 18.9 Å². The van der Waals surface area contributed by atoms with Crippen LogP contribution in [0.5, 0.6) is 6.01 Å². The quantitative estimate of drug-likeness (QED) is 0.583. The molecule has 2 aromatic heterocycles. The van der Waals surface area contributed by atoms with Crippen molar-refractivity contribution < 1.29 is 22.7 Å². The Morgan fingerprint density at radius 3 is 2.36 bits per heavy atom. The van der Waals surface area contributed by atoms with Gasteiger partial charge in [0.2, 0.25) is 5.91 Å². The van der Waals surface area contributed by atoms with Gasteiger partial charge in [-0.15, -0.1) is 0 Å². The third-order valence-electron chi connectivity index (χ3n) is 5.56. The lowest BCUT2D eigenvalue weighted by Crippen LogP contribution is -2.49. The molecule has 1 amide bonds. The number of aryl methyl sites for hydroxylation is 1. The monoisotopic (exact) mass is 460 g/mol. The van der Waals surface area contributed by atoms with E-state index in [1.54, 1.807) is 17.3 Å². The van der Waals surface area contributed by atoms with Crippen LogP contribution in [0.1, 0.15) is 11.4 Å². The highest BCUT2D eigenvalue weighted by atomic mass is 19.4. The number of halogens is 3. The minimum absolute atomic E-state index is 0.221. The van der Waals surface area contributed by atoms with Gasteiger partial charge >= 0.3 is 12.2 Å². The third-order valence-corrected chi connectivity index (χ3v) is 5.56. The average Bonchev–Trinajstić information content (AvgIpc) is 3.20. The maximum Gasteiger partial charge on any atom is 0.435 e. The second-order valence-electron chi connectivity index (χ2n) is 7.67. The van der Waals surface area contributed by atoms with E-state index in [9.17, 15) is 18.0 Å². The Balaban J connectivity index is 1.42. The van der Waals surface area contributed by atoms with Crippen molar-refractivity contribution in [3.8, 4) is 17.1 Å². The van der Waals surface area contributed by atoms with E-state index in [4.69, 9.17) is 4.74 Å². The molecule has 0 N–H and O–H groups in total. The molecule has 3 heterocycles. The molecule has 33 heavy (non-hydrogen) atoms. The van der Waals surface area contributed by atoms with E-state index in [0.717, 1.165) is 27.6 Å². The van der Waals surface area contributed by atoms with Gasteiger partial charge in [0.25, 0.3) is 0 Å². The molecule has 1 saturated heterocycles. The number of hydrogen-bond acceptors (Lipinski definition) is 6. The number of alkyl halides is 3. The second kappa shape index (κ2) is 9.08. The van der Waals surface area contributed by atoms with Crippen molar-refractivity contribution in [2.45, 2.75) is 19.6 Å². The second-order valence-corrected chi connectivity index (χ2v) is 7.67. The predicted molar refractivity (Wildman–Crippen MR) is 115 cm³/mol. The highest BCUT2D eigenvalue weighted by Crippen LogP contribution is 2.31. The maximum absolute atomic E-state index is 12.9. The zero-order chi connectivity index (χ0) is 23.6. The average molecular weight is 460 g/mol. The van der Waals surface area contributed by atoms with E-state index in [1.807, 2.05) is 24.3 Å². The smallest absolute Gasteiger partial charge is 0.435 e. The first kappa shape index (κ1) is 22.6. The number of anilines is 1. The van der Waals surface area contributed by atoms with E-state index in [-0.39, 0.29) is 18.5 Å². The lowest BCUT2D eigenvalue weighted by atomic mass is 10.1. The molecule has 174 valence electrons. The first-order valence-corrected chi connectivity index (χ1v) is 10.4. The van der Waals surface area contributed by atoms with E-state index < -0.39 is 11.9 Å². The number of ether oxygens (including phenoxy) is 1. The number of carbonyl (C=O) groups excluding carboxylic acids is 1. The Hall–Kier alpha value is -3.63. The van der Waals surface area contributed by atoms with Gasteiger partial charge in [-0.2, -0.15) is 18.3 Å². The first-order valence-electron chi connectivity index (χ1n) is 10.4. The highest BCUT2D eigenvalue weighted by molar-refractivity contribution is 5.79. The van der Waals surface area contributed by atoms with E-state index in [1.165, 1.54) is 14.0 Å². The van der Waals surface area contributed by atoms with Crippen LogP contribution in [-0.2, 0) is 17.5 Å². The number of methoxy groups -OCH3 is 1. The summed E-state index contributed by atoms with van der Waals surface area (Å²) in [7, 11) is 1.51. The number of nitrogens with zero attached hydrogens (tertiary/aromatic N) is 6. The minimum atomic E-state index is -4.53. The molecule has 0 atom stereocenters. The van der Waals surface area contributed by atoms with Crippen molar-refractivity contribution in [1.82, 2.24) is 24.6 Å². The number of carbonyl (C=O) groups is 1. The molecule has 0 radical (unpaired) electrons. The number of hydrogen-bond donors (Lipinski definition) is 0. The van der Waals surface area contributed by atoms with Crippen molar-refractivity contribution in [3.05, 3.63) is 54.1 Å². The Kier molecular flexibility index (Phi) is 6.21. The molecule has 8 nitrogen and oxygen atoms in total. The SMILES string of the molecule is COc1ncc(-c2ccccc2N2CCN(C(=O)Cn3nc(C(F)(F)F)cc3C)CC2)cn1. The van der Waals surface area contributed by atoms with E-state index in [2.05, 4.69) is 20.0 Å². The molecule has 0 saturated carbocycles. The number of rotatable bonds is 5. The van der Waals surface area contributed by atoms with Crippen LogP contribution in [0.2, 0.25) is 0 Å². The van der Waals surface area contributed by atoms with Crippen LogP contribution in [0.3, 0.4) is 0 Å². The normalized spacial score (nSPS) is 14.5. The molecule has 1 aromatic carbocycles. The zero-order valence-electron chi connectivity index (χ0n) is 18.2. The summed E-state index contributed by atoms with van der Waals surface area (Å²) in [4.78, 5) is 24.9. The number of aromatic nitrogens is 4. The van der Waals surface area contributed by atoms with E-state index in [0.29, 0.717) is 31.9 Å². The predicted octanol–water partition coefficient (Wildman–Crippen LogP) is 3.02. The molecule has 0 spiro atoms. The van der Waals surface area contributed by atoms with Crippen LogP contribution >= 0.6 is 0 Å². The lowest BCUT2D eigenvalue weighted by molar-refractivity contribution is -0.142. The zero-order valence-corrected chi connectivity index (χ0v) is 18.2. The van der Waals surface area contributed by atoms with Crippen LogP contribution in [-0.4, -0.2) is 63.8 Å². The van der Waals surface area contributed by atoms with E-state index >= 15 is 0 Å². The molecule has 0 bridgehead atoms. The van der Waals surface area contributed by atoms with Crippen molar-refractivity contribution in [1.29, 1.82) is 0 Å². The summed E-state index contributed by atoms with van der Waals surface area (Å²) in [6.45, 7) is 3.38. The van der Waals surface area contributed by atoms with Gasteiger partial charge in [-0.3, -0.25) is 9.48 Å². The Bertz CT molecular complexity index is 1120. The van der Waals surface area contributed by atoms with Gasteiger partial charge in [-0.1, -0.05) is 18.2 Å². The maximum atomic E-state index is 12.9. The summed E-state index contributed by atoms with van der Waals surface area (Å²) in [5, 5.41) is 3.55. The summed E-state index contributed by atoms with van der Waals surface area (Å²) in [6.07, 6.45) is -1.13. The summed E-state index contributed by atoms with van der Waals surface area (Å²) in [5.74, 6) is -0.258. The molecular weight excluding hydrogens is 437 g/mol. The highest BCUT2D eigenvalue weighted by Gasteiger charge is 2.35. The Labute approximate surface area is 188 Å². The van der Waals surface area contributed by atoms with Crippen molar-refractivity contribution >= 4 is 11.6 Å². The topological polar surface area (TPSA) is 76.4 Å². The largest absolute Gasteiger partial charge is 0.467 e. The van der Waals surface area contributed by atoms with Crippen molar-refractivity contribution in [2.75, 3.05) is 38.2 Å². The minimum Gasteiger partial charge on any atom is -0.467 e. The summed E-state index contributed by atoms with van der Waals surface area (Å²) in [6, 6.07) is 9.10. The molecule has 1 fully saturated rings. The summed E-state index contributed by atoms with van der Waals surface area (Å²) >= 11 is 0. The van der Waals surface area contributed by atoms with Crippen molar-refractivity contribution in [3.63, 3.8) is 0 Å². The van der Waals surface area contributed by atoms with Crippen LogP contribution < -0.4 is 9.64 Å². The molecule has 1 aliphatic heterocycles. The van der Waals surface area contributed by atoms with Crippen LogP contribution in [0.25, 0.3) is 11.1 Å². The molecule has 11 heteroatoms. The number of amides is 1. The molecule has 3 aromatic rings. The molecule has 0 unspecified atom stereocenters. The molecule has 0 aliphatic carbocycles. The first-order chi connectivity index (χ1) is 15.8. The number of benzene rings is 1.